The molecule has 0 radical (unpaired) electrons. The largest absolute Gasteiger partial charge is 0.251 e. The molecule has 0 unspecified atom stereocenters. The van der Waals surface area contributed by atoms with E-state index < -0.39 is 16.1 Å². The average molecular weight is 336 g/mol. The molecular weight excluding hydrogens is 325 g/mol. The molecule has 2 heterocycles. The predicted octanol–water partition coefficient (Wildman–Crippen LogP) is 1.35. The Hall–Kier alpha value is -1.22. The normalized spacial score (nSPS) is 13.3. The van der Waals surface area contributed by atoms with Gasteiger partial charge in [0.15, 0.2) is 5.15 Å². The SMILES string of the molecule is C[C@@H](Cn1cncn1)NS(=O)(=O)c1ccc(Cl)nc1Cl. The first-order valence-electron chi connectivity index (χ1n) is 5.55. The summed E-state index contributed by atoms with van der Waals surface area (Å²) in [6, 6.07) is 2.28. The van der Waals surface area contributed by atoms with Crippen molar-refractivity contribution in [2.45, 2.75) is 24.4 Å². The lowest BCUT2D eigenvalue weighted by molar-refractivity contribution is 0.493. The predicted molar refractivity (Wildman–Crippen MR) is 74.1 cm³/mol. The number of hydrogen-bond acceptors (Lipinski definition) is 5. The van der Waals surface area contributed by atoms with Gasteiger partial charge in [0, 0.05) is 6.04 Å². The molecule has 0 spiro atoms. The third-order valence-corrected chi connectivity index (χ3v) is 4.59. The second-order valence-corrected chi connectivity index (χ2v) is 6.49. The Labute approximate surface area is 126 Å². The topological polar surface area (TPSA) is 89.8 Å². The van der Waals surface area contributed by atoms with Crippen molar-refractivity contribution in [3.63, 3.8) is 0 Å². The average Bonchev–Trinajstić information content (AvgIpc) is 2.79. The number of nitrogens with one attached hydrogen (secondary N) is 1. The van der Waals surface area contributed by atoms with Gasteiger partial charge >= 0.3 is 0 Å². The number of rotatable bonds is 5. The minimum Gasteiger partial charge on any atom is -0.251 e. The van der Waals surface area contributed by atoms with E-state index in [2.05, 4.69) is 19.8 Å². The van der Waals surface area contributed by atoms with Crippen LogP contribution in [0.1, 0.15) is 6.92 Å². The molecule has 10 heteroatoms. The molecule has 0 amide bonds. The summed E-state index contributed by atoms with van der Waals surface area (Å²) in [4.78, 5) is 7.37. The third-order valence-electron chi connectivity index (χ3n) is 2.35. The smallest absolute Gasteiger partial charge is 0.243 e. The first kappa shape index (κ1) is 15.2. The van der Waals surface area contributed by atoms with Crippen molar-refractivity contribution in [1.82, 2.24) is 24.5 Å². The molecule has 2 aromatic rings. The maximum atomic E-state index is 12.2. The summed E-state index contributed by atoms with van der Waals surface area (Å²) < 4.78 is 28.4. The van der Waals surface area contributed by atoms with Gasteiger partial charge in [-0.3, -0.25) is 4.68 Å². The lowest BCUT2D eigenvalue weighted by Gasteiger charge is -2.14. The van der Waals surface area contributed by atoms with E-state index in [1.807, 2.05) is 0 Å². The van der Waals surface area contributed by atoms with E-state index in [-0.39, 0.29) is 15.2 Å². The summed E-state index contributed by atoms with van der Waals surface area (Å²) >= 11 is 11.4. The fraction of sp³-hybridized carbons (Fsp3) is 0.300. The highest BCUT2D eigenvalue weighted by molar-refractivity contribution is 7.89. The molecule has 0 fully saturated rings. The van der Waals surface area contributed by atoms with Gasteiger partial charge in [-0.2, -0.15) is 5.10 Å². The van der Waals surface area contributed by atoms with Crippen LogP contribution in [0.2, 0.25) is 10.3 Å². The Bertz CT molecular complexity index is 690. The highest BCUT2D eigenvalue weighted by atomic mass is 35.5. The van der Waals surface area contributed by atoms with Crippen molar-refractivity contribution < 1.29 is 8.42 Å². The van der Waals surface area contributed by atoms with Crippen LogP contribution in [-0.2, 0) is 16.6 Å². The zero-order chi connectivity index (χ0) is 14.8. The molecule has 0 aromatic carbocycles. The van der Waals surface area contributed by atoms with Crippen molar-refractivity contribution in [3.05, 3.63) is 35.1 Å². The molecule has 0 bridgehead atoms. The molecule has 1 atom stereocenters. The van der Waals surface area contributed by atoms with Gasteiger partial charge in [-0.1, -0.05) is 23.2 Å². The number of hydrogen-bond donors (Lipinski definition) is 1. The Morgan fingerprint density at radius 3 is 2.75 bits per heavy atom. The van der Waals surface area contributed by atoms with Gasteiger partial charge in [0.1, 0.15) is 22.7 Å². The van der Waals surface area contributed by atoms with Crippen molar-refractivity contribution in [2.75, 3.05) is 0 Å². The van der Waals surface area contributed by atoms with Crippen LogP contribution >= 0.6 is 23.2 Å². The standard InChI is InChI=1S/C10H11Cl2N5O2S/c1-7(4-17-6-13-5-14-17)16-20(18,19)8-2-3-9(11)15-10(8)12/h2-3,5-7,16H,4H2,1H3/t7-/m0/s1. The van der Waals surface area contributed by atoms with E-state index in [9.17, 15) is 8.42 Å². The summed E-state index contributed by atoms with van der Waals surface area (Å²) in [5.41, 5.74) is 0. The summed E-state index contributed by atoms with van der Waals surface area (Å²) in [6.07, 6.45) is 2.88. The second kappa shape index (κ2) is 6.04. The van der Waals surface area contributed by atoms with Crippen LogP contribution in [0.15, 0.2) is 29.7 Å². The highest BCUT2D eigenvalue weighted by Crippen LogP contribution is 2.21. The van der Waals surface area contributed by atoms with Gasteiger partial charge in [0.25, 0.3) is 0 Å². The quantitative estimate of drug-likeness (QED) is 0.833. The van der Waals surface area contributed by atoms with Crippen LogP contribution in [0.5, 0.6) is 0 Å². The summed E-state index contributed by atoms with van der Waals surface area (Å²) in [5, 5.41) is 3.86. The van der Waals surface area contributed by atoms with Crippen LogP contribution in [0.4, 0.5) is 0 Å². The van der Waals surface area contributed by atoms with Gasteiger partial charge in [0.2, 0.25) is 10.0 Å². The lowest BCUT2D eigenvalue weighted by atomic mass is 10.4. The molecule has 0 aliphatic heterocycles. The number of pyridine rings is 1. The molecule has 1 N–H and O–H groups in total. The van der Waals surface area contributed by atoms with Gasteiger partial charge in [-0.25, -0.2) is 23.1 Å². The van der Waals surface area contributed by atoms with Crippen molar-refractivity contribution in [2.24, 2.45) is 0 Å². The monoisotopic (exact) mass is 335 g/mol. The second-order valence-electron chi connectivity index (χ2n) is 4.06. The van der Waals surface area contributed by atoms with E-state index in [1.165, 1.54) is 29.5 Å². The van der Waals surface area contributed by atoms with Crippen molar-refractivity contribution in [3.8, 4) is 0 Å². The minimum absolute atomic E-state index is 0.117. The van der Waals surface area contributed by atoms with Gasteiger partial charge in [0.05, 0.1) is 6.54 Å². The first-order valence-corrected chi connectivity index (χ1v) is 7.79. The molecule has 0 aliphatic rings. The van der Waals surface area contributed by atoms with Crippen LogP contribution in [0.3, 0.4) is 0 Å². The Balaban J connectivity index is 2.14. The number of halogens is 2. The Morgan fingerprint density at radius 1 is 1.40 bits per heavy atom. The molecule has 2 aromatic heterocycles. The first-order chi connectivity index (χ1) is 9.38. The van der Waals surface area contributed by atoms with E-state index in [1.54, 1.807) is 6.92 Å². The molecule has 0 aliphatic carbocycles. The zero-order valence-electron chi connectivity index (χ0n) is 10.4. The maximum absolute atomic E-state index is 12.2. The maximum Gasteiger partial charge on any atom is 0.243 e. The molecular formula is C10H11Cl2N5O2S. The number of nitrogens with zero attached hydrogens (tertiary/aromatic N) is 4. The summed E-state index contributed by atoms with van der Waals surface area (Å²) in [5.74, 6) is 0. The Morgan fingerprint density at radius 2 is 2.15 bits per heavy atom. The van der Waals surface area contributed by atoms with Crippen LogP contribution in [0, 0.1) is 0 Å². The molecule has 108 valence electrons. The van der Waals surface area contributed by atoms with Gasteiger partial charge in [-0.05, 0) is 19.1 Å². The molecule has 2 rings (SSSR count). The highest BCUT2D eigenvalue weighted by Gasteiger charge is 2.21. The lowest BCUT2D eigenvalue weighted by Crippen LogP contribution is -2.36. The summed E-state index contributed by atoms with van der Waals surface area (Å²) in [6.45, 7) is 2.05. The third kappa shape index (κ3) is 3.66. The van der Waals surface area contributed by atoms with E-state index in [4.69, 9.17) is 23.2 Å². The summed E-state index contributed by atoms with van der Waals surface area (Å²) in [7, 11) is -3.77. The molecule has 20 heavy (non-hydrogen) atoms. The van der Waals surface area contributed by atoms with E-state index in [0.29, 0.717) is 6.54 Å². The zero-order valence-corrected chi connectivity index (χ0v) is 12.7. The minimum atomic E-state index is -3.77. The van der Waals surface area contributed by atoms with Crippen LogP contribution < -0.4 is 4.72 Å². The fourth-order valence-corrected chi connectivity index (χ4v) is 3.47. The van der Waals surface area contributed by atoms with Crippen molar-refractivity contribution in [1.29, 1.82) is 0 Å². The van der Waals surface area contributed by atoms with Crippen LogP contribution in [-0.4, -0.2) is 34.2 Å². The van der Waals surface area contributed by atoms with E-state index >= 15 is 0 Å². The molecule has 7 nitrogen and oxygen atoms in total. The van der Waals surface area contributed by atoms with Crippen molar-refractivity contribution >= 4 is 33.2 Å². The van der Waals surface area contributed by atoms with Gasteiger partial charge in [-0.15, -0.1) is 0 Å². The number of sulfonamides is 1. The molecule has 0 saturated carbocycles. The van der Waals surface area contributed by atoms with E-state index in [0.717, 1.165) is 0 Å². The number of aromatic nitrogens is 4. The fourth-order valence-electron chi connectivity index (χ4n) is 1.57. The Kier molecular flexibility index (Phi) is 4.59. The van der Waals surface area contributed by atoms with Gasteiger partial charge < -0.3 is 0 Å². The molecule has 0 saturated heterocycles. The van der Waals surface area contributed by atoms with Crippen LogP contribution in [0.25, 0.3) is 0 Å².